The Kier molecular flexibility index (Phi) is 3.96. The molecule has 0 heterocycles. The summed E-state index contributed by atoms with van der Waals surface area (Å²) in [5.74, 6) is -0.587. The normalized spacial score (nSPS) is 12.4. The fourth-order valence-corrected chi connectivity index (χ4v) is 0.277. The van der Waals surface area contributed by atoms with Crippen LogP contribution in [-0.4, -0.2) is 6.21 Å². The maximum atomic E-state index is 12.0. The maximum Gasteiger partial charge on any atom is 0.156 e. The standard InChI is InChI=1S/C5H6BrFN2/c1-4(6)9-3-5(7)2-8/h2-3H,1,8H2/b5-2+,9-3-. The third kappa shape index (κ3) is 5.23. The molecule has 2 nitrogen and oxygen atoms in total. The van der Waals surface area contributed by atoms with Crippen molar-refractivity contribution in [3.63, 3.8) is 0 Å². The third-order valence-corrected chi connectivity index (χ3v) is 0.692. The first-order valence-electron chi connectivity index (χ1n) is 2.12. The highest BCUT2D eigenvalue weighted by Crippen LogP contribution is 2.01. The Morgan fingerprint density at radius 1 is 1.78 bits per heavy atom. The molecule has 0 fully saturated rings. The quantitative estimate of drug-likeness (QED) is 0.525. The van der Waals surface area contributed by atoms with Gasteiger partial charge in [0.1, 0.15) is 0 Å². The zero-order chi connectivity index (χ0) is 7.28. The van der Waals surface area contributed by atoms with Crippen LogP contribution in [0.2, 0.25) is 0 Å². The monoisotopic (exact) mass is 192 g/mol. The summed E-state index contributed by atoms with van der Waals surface area (Å²) in [6, 6.07) is 0. The molecule has 0 saturated carbocycles. The Morgan fingerprint density at radius 3 is 2.67 bits per heavy atom. The second-order valence-corrected chi connectivity index (χ2v) is 2.10. The molecule has 0 spiro atoms. The number of rotatable bonds is 2. The minimum absolute atomic E-state index is 0.361. The number of hydrogen-bond acceptors (Lipinski definition) is 2. The van der Waals surface area contributed by atoms with E-state index in [-0.39, 0.29) is 0 Å². The Morgan fingerprint density at radius 2 is 2.33 bits per heavy atom. The first-order chi connectivity index (χ1) is 4.16. The summed E-state index contributed by atoms with van der Waals surface area (Å²) < 4.78 is 12.4. The highest BCUT2D eigenvalue weighted by atomic mass is 79.9. The largest absolute Gasteiger partial charge is 0.402 e. The molecule has 2 N–H and O–H groups in total. The number of hydrogen-bond donors (Lipinski definition) is 1. The van der Waals surface area contributed by atoms with Crippen molar-refractivity contribution in [2.75, 3.05) is 0 Å². The van der Waals surface area contributed by atoms with Gasteiger partial charge in [-0.2, -0.15) is 0 Å². The van der Waals surface area contributed by atoms with Crippen molar-refractivity contribution >= 4 is 22.1 Å². The van der Waals surface area contributed by atoms with Crippen molar-refractivity contribution < 1.29 is 4.39 Å². The van der Waals surface area contributed by atoms with E-state index in [1.165, 1.54) is 0 Å². The van der Waals surface area contributed by atoms with Gasteiger partial charge in [0.15, 0.2) is 5.83 Å². The Balaban J connectivity index is 3.86. The van der Waals surface area contributed by atoms with E-state index < -0.39 is 5.83 Å². The van der Waals surface area contributed by atoms with E-state index in [1.807, 2.05) is 0 Å². The molecule has 0 aromatic rings. The lowest BCUT2D eigenvalue weighted by atomic mass is 10.6. The second-order valence-electron chi connectivity index (χ2n) is 1.19. The van der Waals surface area contributed by atoms with E-state index in [9.17, 15) is 4.39 Å². The SMILES string of the molecule is C=C(Br)/N=C\C(F)=C/N. The van der Waals surface area contributed by atoms with Crippen molar-refractivity contribution in [2.24, 2.45) is 10.7 Å². The van der Waals surface area contributed by atoms with E-state index in [2.05, 4.69) is 27.5 Å². The van der Waals surface area contributed by atoms with Crippen molar-refractivity contribution in [1.29, 1.82) is 0 Å². The molecule has 0 aliphatic heterocycles. The average Bonchev–Trinajstić information content (AvgIpc) is 1.83. The van der Waals surface area contributed by atoms with Gasteiger partial charge < -0.3 is 5.73 Å². The van der Waals surface area contributed by atoms with Crippen LogP contribution in [0.1, 0.15) is 0 Å². The minimum Gasteiger partial charge on any atom is -0.402 e. The first kappa shape index (κ1) is 8.36. The Hall–Kier alpha value is -0.640. The van der Waals surface area contributed by atoms with Gasteiger partial charge in [0.05, 0.1) is 10.8 Å². The minimum atomic E-state index is -0.587. The lowest BCUT2D eigenvalue weighted by molar-refractivity contribution is 0.683. The summed E-state index contributed by atoms with van der Waals surface area (Å²) in [7, 11) is 0. The summed E-state index contributed by atoms with van der Waals surface area (Å²) in [5, 5.41) is 0. The van der Waals surface area contributed by atoms with Crippen LogP contribution in [0.3, 0.4) is 0 Å². The summed E-state index contributed by atoms with van der Waals surface area (Å²) >= 11 is 2.90. The Labute approximate surface area is 61.1 Å². The van der Waals surface area contributed by atoms with Gasteiger partial charge in [-0.3, -0.25) is 0 Å². The van der Waals surface area contributed by atoms with E-state index in [0.717, 1.165) is 12.4 Å². The molecule has 50 valence electrons. The lowest BCUT2D eigenvalue weighted by Gasteiger charge is -1.82. The third-order valence-electron chi connectivity index (χ3n) is 0.487. The fourth-order valence-electron chi connectivity index (χ4n) is 0.175. The smallest absolute Gasteiger partial charge is 0.156 e. The molecule has 0 amide bonds. The van der Waals surface area contributed by atoms with E-state index in [0.29, 0.717) is 4.61 Å². The molecule has 0 bridgehead atoms. The second kappa shape index (κ2) is 4.26. The molecule has 4 heteroatoms. The summed E-state index contributed by atoms with van der Waals surface area (Å²) in [6.07, 6.45) is 1.79. The van der Waals surface area contributed by atoms with Crippen LogP contribution in [0.15, 0.2) is 28.2 Å². The zero-order valence-electron chi connectivity index (χ0n) is 4.64. The lowest BCUT2D eigenvalue weighted by Crippen LogP contribution is -1.83. The maximum absolute atomic E-state index is 12.0. The van der Waals surface area contributed by atoms with Crippen molar-refractivity contribution in [1.82, 2.24) is 0 Å². The molecule has 9 heavy (non-hydrogen) atoms. The van der Waals surface area contributed by atoms with E-state index in [1.54, 1.807) is 0 Å². The molecule has 0 aliphatic carbocycles. The topological polar surface area (TPSA) is 38.4 Å². The summed E-state index contributed by atoms with van der Waals surface area (Å²) in [5.41, 5.74) is 4.78. The van der Waals surface area contributed by atoms with Gasteiger partial charge in [-0.1, -0.05) is 6.58 Å². The van der Waals surface area contributed by atoms with E-state index in [4.69, 9.17) is 5.73 Å². The Bertz CT molecular complexity index is 162. The van der Waals surface area contributed by atoms with Gasteiger partial charge in [0, 0.05) is 6.20 Å². The number of halogens is 2. The molecular formula is C5H6BrFN2. The van der Waals surface area contributed by atoms with Crippen LogP contribution in [-0.2, 0) is 0 Å². The van der Waals surface area contributed by atoms with Gasteiger partial charge in [0.2, 0.25) is 0 Å². The van der Waals surface area contributed by atoms with Crippen LogP contribution < -0.4 is 5.73 Å². The van der Waals surface area contributed by atoms with Gasteiger partial charge in [-0.05, 0) is 15.9 Å². The molecule has 0 aliphatic rings. The fraction of sp³-hybridized carbons (Fsp3) is 0. The highest BCUT2D eigenvalue weighted by molar-refractivity contribution is 9.11. The van der Waals surface area contributed by atoms with Gasteiger partial charge >= 0.3 is 0 Å². The number of allylic oxidation sites excluding steroid dienone is 1. The molecule has 0 radical (unpaired) electrons. The predicted molar refractivity (Wildman–Crippen MR) is 39.9 cm³/mol. The van der Waals surface area contributed by atoms with Crippen molar-refractivity contribution in [3.05, 3.63) is 23.2 Å². The molecule has 0 rings (SSSR count). The number of nitrogens with zero attached hydrogens (tertiary/aromatic N) is 1. The van der Waals surface area contributed by atoms with Crippen LogP contribution in [0.5, 0.6) is 0 Å². The van der Waals surface area contributed by atoms with Crippen LogP contribution in [0, 0.1) is 0 Å². The van der Waals surface area contributed by atoms with E-state index >= 15 is 0 Å². The number of nitrogens with two attached hydrogens (primary N) is 1. The molecule has 0 aromatic heterocycles. The molecular weight excluding hydrogens is 187 g/mol. The summed E-state index contributed by atoms with van der Waals surface area (Å²) in [4.78, 5) is 3.47. The molecule has 0 atom stereocenters. The molecule has 0 aromatic carbocycles. The van der Waals surface area contributed by atoms with Crippen molar-refractivity contribution in [2.45, 2.75) is 0 Å². The van der Waals surface area contributed by atoms with Crippen LogP contribution >= 0.6 is 15.9 Å². The zero-order valence-corrected chi connectivity index (χ0v) is 6.23. The van der Waals surface area contributed by atoms with Gasteiger partial charge in [-0.25, -0.2) is 9.38 Å². The summed E-state index contributed by atoms with van der Waals surface area (Å²) in [6.45, 7) is 3.35. The van der Waals surface area contributed by atoms with Crippen LogP contribution in [0.25, 0.3) is 0 Å². The predicted octanol–water partition coefficient (Wildman–Crippen LogP) is 1.69. The van der Waals surface area contributed by atoms with Gasteiger partial charge in [0.25, 0.3) is 0 Å². The first-order valence-corrected chi connectivity index (χ1v) is 2.92. The molecule has 0 saturated heterocycles. The number of aliphatic imine (C=N–C) groups is 1. The van der Waals surface area contributed by atoms with Crippen LogP contribution in [0.4, 0.5) is 4.39 Å². The molecule has 0 unspecified atom stereocenters. The van der Waals surface area contributed by atoms with Gasteiger partial charge in [-0.15, -0.1) is 0 Å². The average molecular weight is 193 g/mol. The highest BCUT2D eigenvalue weighted by Gasteiger charge is 1.83. The van der Waals surface area contributed by atoms with Crippen molar-refractivity contribution in [3.8, 4) is 0 Å².